The van der Waals surface area contributed by atoms with Gasteiger partial charge in [-0.05, 0) is 38.5 Å². The molecule has 0 aliphatic heterocycles. The van der Waals surface area contributed by atoms with Crippen molar-refractivity contribution in [2.45, 2.75) is 34.0 Å². The average molecular weight is 654 g/mol. The number of rotatable bonds is 13. The summed E-state index contributed by atoms with van der Waals surface area (Å²) in [5, 5.41) is 0.501. The molecule has 2 heterocycles. The molecule has 2 aromatic heterocycles. The van der Waals surface area contributed by atoms with Crippen LogP contribution >= 0.6 is 0 Å². The molecule has 0 spiro atoms. The zero-order chi connectivity index (χ0) is 33.0. The van der Waals surface area contributed by atoms with Gasteiger partial charge in [0.25, 0.3) is 10.4 Å². The van der Waals surface area contributed by atoms with Crippen molar-refractivity contribution in [1.82, 2.24) is 0 Å². The smallest absolute Gasteiger partial charge is 0.342 e. The molecule has 5 aromatic rings. The van der Waals surface area contributed by atoms with Crippen molar-refractivity contribution in [3.63, 3.8) is 0 Å². The molecule has 5 rings (SSSR count). The summed E-state index contributed by atoms with van der Waals surface area (Å²) >= 11 is 0. The lowest BCUT2D eigenvalue weighted by Crippen LogP contribution is -2.10. The molecule has 0 bridgehead atoms. The summed E-state index contributed by atoms with van der Waals surface area (Å²) in [6, 6.07) is 15.0. The summed E-state index contributed by atoms with van der Waals surface area (Å²) in [6.07, 6.45) is 0. The normalized spacial score (nSPS) is 11.4. The Morgan fingerprint density at radius 1 is 0.761 bits per heavy atom. The number of aryl methyl sites for hydroxylation is 1. The topological polar surface area (TPSA) is 173 Å². The second-order valence-electron chi connectivity index (χ2n) is 9.72. The van der Waals surface area contributed by atoms with Crippen LogP contribution < -0.4 is 18.4 Å². The van der Waals surface area contributed by atoms with E-state index in [1.807, 2.05) is 30.3 Å². The van der Waals surface area contributed by atoms with E-state index < -0.39 is 28.1 Å². The highest BCUT2D eigenvalue weighted by atomic mass is 32.3. The van der Waals surface area contributed by atoms with E-state index >= 15 is 0 Å². The van der Waals surface area contributed by atoms with Crippen LogP contribution in [0.4, 0.5) is 0 Å². The van der Waals surface area contributed by atoms with Crippen LogP contribution in [-0.2, 0) is 33.1 Å². The van der Waals surface area contributed by atoms with Gasteiger partial charge in [0, 0.05) is 22.9 Å². The number of methoxy groups -OCH3 is 1. The molecule has 0 aliphatic carbocycles. The first-order valence-corrected chi connectivity index (χ1v) is 15.4. The van der Waals surface area contributed by atoms with Crippen LogP contribution in [0, 0.1) is 6.92 Å². The van der Waals surface area contributed by atoms with Crippen molar-refractivity contribution in [2.75, 3.05) is 20.3 Å². The molecule has 0 unspecified atom stereocenters. The zero-order valence-electron chi connectivity index (χ0n) is 25.2. The minimum absolute atomic E-state index is 0.000676. The highest BCUT2D eigenvalue weighted by molar-refractivity contribution is 7.81. The molecule has 14 heteroatoms. The molecule has 0 saturated carbocycles. The molecule has 0 aliphatic rings. The van der Waals surface area contributed by atoms with Gasteiger partial charge in [-0.25, -0.2) is 18.0 Å². The summed E-state index contributed by atoms with van der Waals surface area (Å²) in [6.45, 7) is 4.95. The Kier molecular flexibility index (Phi) is 9.39. The van der Waals surface area contributed by atoms with Crippen molar-refractivity contribution in [3.05, 3.63) is 82.8 Å². The second-order valence-corrected chi connectivity index (χ2v) is 10.7. The fourth-order valence-corrected chi connectivity index (χ4v) is 5.16. The van der Waals surface area contributed by atoms with Crippen LogP contribution in [-0.4, -0.2) is 45.2 Å². The van der Waals surface area contributed by atoms with Gasteiger partial charge in [-0.1, -0.05) is 30.3 Å². The SMILES string of the molecule is CCOC(=O)c1c(C)oc2cc(OCc3ccccc3)c(OCc3oc4cc(OC)c(OS(=O)(=O)[O-])cc4c3C(=O)OCC)cc12. The number of ether oxygens (including phenoxy) is 5. The van der Waals surface area contributed by atoms with Crippen molar-refractivity contribution in [1.29, 1.82) is 0 Å². The number of fused-ring (bicyclic) bond motifs is 2. The molecule has 242 valence electrons. The third-order valence-corrected chi connectivity index (χ3v) is 7.11. The maximum absolute atomic E-state index is 13.1. The number of furan rings is 2. The van der Waals surface area contributed by atoms with Gasteiger partial charge in [-0.3, -0.25) is 0 Å². The van der Waals surface area contributed by atoms with E-state index in [0.29, 0.717) is 16.7 Å². The fraction of sp³-hybridized carbons (Fsp3) is 0.250. The second kappa shape index (κ2) is 13.4. The van der Waals surface area contributed by atoms with Gasteiger partial charge in [-0.15, -0.1) is 0 Å². The maximum atomic E-state index is 13.1. The largest absolute Gasteiger partial charge is 0.716 e. The van der Waals surface area contributed by atoms with E-state index in [9.17, 15) is 22.6 Å². The van der Waals surface area contributed by atoms with Crippen LogP contribution in [0.1, 0.15) is 51.6 Å². The van der Waals surface area contributed by atoms with Crippen molar-refractivity contribution in [2.24, 2.45) is 0 Å². The standard InChI is InChI=1S/C32H30O13S/c1-5-39-31(33)29-18(3)43-22-15-26(41-16-19-10-8-7-9-11-19)25(12-20(22)29)42-17-28-30(32(34)40-6-2)21-13-27(45-46(35,36)37)24(38-4)14-23(21)44-28/h7-15H,5-6,16-17H2,1-4H3,(H,35,36,37)/p-1. The lowest BCUT2D eigenvalue weighted by Gasteiger charge is -2.13. The number of hydrogen-bond donors (Lipinski definition) is 0. The lowest BCUT2D eigenvalue weighted by atomic mass is 10.1. The van der Waals surface area contributed by atoms with E-state index in [-0.39, 0.29) is 71.5 Å². The molecule has 3 aromatic carbocycles. The maximum Gasteiger partial charge on any atom is 0.342 e. The molecule has 0 amide bonds. The number of carbonyl (C=O) groups is 2. The first-order chi connectivity index (χ1) is 22.0. The third kappa shape index (κ3) is 6.87. The van der Waals surface area contributed by atoms with Crippen LogP contribution in [0.25, 0.3) is 21.9 Å². The monoisotopic (exact) mass is 653 g/mol. The minimum Gasteiger partial charge on any atom is -0.716 e. The lowest BCUT2D eigenvalue weighted by molar-refractivity contribution is 0.0514. The van der Waals surface area contributed by atoms with E-state index in [0.717, 1.165) is 11.6 Å². The van der Waals surface area contributed by atoms with Gasteiger partial charge in [0.15, 0.2) is 28.8 Å². The number of carbonyl (C=O) groups excluding carboxylic acids is 2. The summed E-state index contributed by atoms with van der Waals surface area (Å²) in [5.41, 5.74) is 1.47. The van der Waals surface area contributed by atoms with Gasteiger partial charge in [0.2, 0.25) is 0 Å². The van der Waals surface area contributed by atoms with E-state index in [1.165, 1.54) is 13.2 Å². The average Bonchev–Trinajstić information content (AvgIpc) is 3.53. The fourth-order valence-electron chi connectivity index (χ4n) is 4.81. The van der Waals surface area contributed by atoms with Crippen molar-refractivity contribution >= 4 is 44.3 Å². The minimum atomic E-state index is -5.18. The van der Waals surface area contributed by atoms with E-state index in [4.69, 9.17) is 32.5 Å². The summed E-state index contributed by atoms with van der Waals surface area (Å²) in [4.78, 5) is 25.9. The third-order valence-electron chi connectivity index (χ3n) is 6.72. The van der Waals surface area contributed by atoms with Crippen LogP contribution in [0.15, 0.2) is 63.4 Å². The van der Waals surface area contributed by atoms with Gasteiger partial charge < -0.3 is 41.3 Å². The molecule has 0 saturated heterocycles. The Bertz CT molecular complexity index is 2010. The first-order valence-electron chi connectivity index (χ1n) is 14.0. The Hall–Kier alpha value is -5.21. The molecule has 0 N–H and O–H groups in total. The molecular formula is C32H29O13S-. The van der Waals surface area contributed by atoms with Crippen LogP contribution in [0.3, 0.4) is 0 Å². The number of hydrogen-bond acceptors (Lipinski definition) is 13. The van der Waals surface area contributed by atoms with Gasteiger partial charge in [0.1, 0.15) is 41.3 Å². The molecule has 0 atom stereocenters. The summed E-state index contributed by atoms with van der Waals surface area (Å²) in [7, 11) is -3.94. The number of esters is 2. The quantitative estimate of drug-likeness (QED) is 0.0842. The molecule has 0 fully saturated rings. The van der Waals surface area contributed by atoms with Crippen LogP contribution in [0.2, 0.25) is 0 Å². The Morgan fingerprint density at radius 3 is 1.98 bits per heavy atom. The van der Waals surface area contributed by atoms with Crippen molar-refractivity contribution < 1.29 is 59.3 Å². The predicted molar refractivity (Wildman–Crippen MR) is 161 cm³/mol. The molecule has 13 nitrogen and oxygen atoms in total. The summed E-state index contributed by atoms with van der Waals surface area (Å²) < 4.78 is 78.3. The van der Waals surface area contributed by atoms with Gasteiger partial charge >= 0.3 is 11.9 Å². The highest BCUT2D eigenvalue weighted by Crippen LogP contribution is 2.40. The Balaban J connectivity index is 1.59. The van der Waals surface area contributed by atoms with Crippen molar-refractivity contribution in [3.8, 4) is 23.0 Å². The Morgan fingerprint density at radius 2 is 1.33 bits per heavy atom. The predicted octanol–water partition coefficient (Wildman–Crippen LogP) is 5.85. The number of benzene rings is 3. The van der Waals surface area contributed by atoms with E-state index in [1.54, 1.807) is 32.9 Å². The van der Waals surface area contributed by atoms with Gasteiger partial charge in [0.05, 0.1) is 20.3 Å². The van der Waals surface area contributed by atoms with Crippen LogP contribution in [0.5, 0.6) is 23.0 Å². The first kappa shape index (κ1) is 32.2. The highest BCUT2D eigenvalue weighted by Gasteiger charge is 2.27. The molecule has 0 radical (unpaired) electrons. The zero-order valence-corrected chi connectivity index (χ0v) is 26.1. The molecule has 46 heavy (non-hydrogen) atoms. The Labute approximate surface area is 263 Å². The van der Waals surface area contributed by atoms with E-state index in [2.05, 4.69) is 4.18 Å². The van der Waals surface area contributed by atoms with Gasteiger partial charge in [-0.2, -0.15) is 0 Å². The molecular weight excluding hydrogens is 624 g/mol. The summed E-state index contributed by atoms with van der Waals surface area (Å²) in [5.74, 6) is -1.16.